The van der Waals surface area contributed by atoms with Crippen LogP contribution in [0.2, 0.25) is 0 Å². The molecule has 1 saturated heterocycles. The molecular formula is C36H38O10. The minimum atomic E-state index is -1.85. The summed E-state index contributed by atoms with van der Waals surface area (Å²) in [5.74, 6) is -2.91. The Labute approximate surface area is 267 Å². The van der Waals surface area contributed by atoms with E-state index in [0.29, 0.717) is 25.0 Å². The van der Waals surface area contributed by atoms with E-state index in [1.54, 1.807) is 73.7 Å². The fourth-order valence-electron chi connectivity index (χ4n) is 7.86. The third-order valence-electron chi connectivity index (χ3n) is 10.5. The number of fused-ring (bicyclic) bond motifs is 2. The molecule has 46 heavy (non-hydrogen) atoms. The van der Waals surface area contributed by atoms with Crippen molar-refractivity contribution < 1.29 is 48.0 Å². The highest BCUT2D eigenvalue weighted by molar-refractivity contribution is 5.90. The summed E-state index contributed by atoms with van der Waals surface area (Å²) in [6.45, 7) is 4.90. The van der Waals surface area contributed by atoms with Crippen molar-refractivity contribution in [3.8, 4) is 0 Å². The number of benzene rings is 2. The van der Waals surface area contributed by atoms with E-state index in [1.165, 1.54) is 13.0 Å². The lowest BCUT2D eigenvalue weighted by molar-refractivity contribution is -0.291. The molecule has 2 aromatic carbocycles. The Bertz CT molecular complexity index is 1570. The summed E-state index contributed by atoms with van der Waals surface area (Å²) in [4.78, 5) is 51.9. The van der Waals surface area contributed by atoms with Crippen LogP contribution in [0.1, 0.15) is 60.7 Å². The van der Waals surface area contributed by atoms with Crippen molar-refractivity contribution in [3.05, 3.63) is 95.6 Å². The summed E-state index contributed by atoms with van der Waals surface area (Å²) in [5, 5.41) is 12.8. The summed E-state index contributed by atoms with van der Waals surface area (Å²) in [6, 6.07) is 16.8. The first-order valence-corrected chi connectivity index (χ1v) is 15.5. The van der Waals surface area contributed by atoms with Crippen molar-refractivity contribution >= 4 is 23.9 Å². The number of aliphatic hydroxyl groups is 1. The monoisotopic (exact) mass is 630 g/mol. The van der Waals surface area contributed by atoms with E-state index in [2.05, 4.69) is 0 Å². The van der Waals surface area contributed by atoms with Gasteiger partial charge >= 0.3 is 23.9 Å². The Morgan fingerprint density at radius 3 is 2.07 bits per heavy atom. The summed E-state index contributed by atoms with van der Waals surface area (Å²) in [5.41, 5.74) is -4.04. The van der Waals surface area contributed by atoms with Crippen LogP contribution < -0.4 is 0 Å². The number of carbonyl (C=O) groups excluding carboxylic acids is 4. The molecule has 0 radical (unpaired) electrons. The quantitative estimate of drug-likeness (QED) is 0.254. The average molecular weight is 631 g/mol. The molecule has 2 heterocycles. The van der Waals surface area contributed by atoms with Crippen LogP contribution in [0.5, 0.6) is 0 Å². The second-order valence-electron chi connectivity index (χ2n) is 13.0. The number of esters is 4. The van der Waals surface area contributed by atoms with E-state index < -0.39 is 64.0 Å². The van der Waals surface area contributed by atoms with Gasteiger partial charge in [0.15, 0.2) is 12.2 Å². The largest absolute Gasteiger partial charge is 0.465 e. The van der Waals surface area contributed by atoms with E-state index in [0.717, 1.165) is 6.42 Å². The molecule has 6 rings (SSSR count). The molecule has 0 aromatic heterocycles. The fraction of sp³-hybridized carbons (Fsp3) is 0.444. The number of carbonyl (C=O) groups is 4. The highest BCUT2D eigenvalue weighted by Gasteiger charge is 2.80. The van der Waals surface area contributed by atoms with E-state index in [9.17, 15) is 24.3 Å². The summed E-state index contributed by atoms with van der Waals surface area (Å²) < 4.78 is 29.8. The molecule has 4 aliphatic rings. The molecule has 1 N–H and O–H groups in total. The summed E-state index contributed by atoms with van der Waals surface area (Å²) >= 11 is 0. The van der Waals surface area contributed by atoms with Gasteiger partial charge in [-0.2, -0.15) is 0 Å². The van der Waals surface area contributed by atoms with Gasteiger partial charge in [-0.05, 0) is 55.5 Å². The van der Waals surface area contributed by atoms with E-state index in [1.807, 2.05) is 13.0 Å². The normalized spacial score (nSPS) is 34.7. The average Bonchev–Trinajstić information content (AvgIpc) is 3.71. The number of hydrogen-bond acceptors (Lipinski definition) is 10. The van der Waals surface area contributed by atoms with Gasteiger partial charge in [-0.3, -0.25) is 4.79 Å². The number of ether oxygens (including phenoxy) is 5. The number of hydrogen-bond donors (Lipinski definition) is 1. The predicted molar refractivity (Wildman–Crippen MR) is 163 cm³/mol. The third-order valence-corrected chi connectivity index (χ3v) is 10.5. The zero-order chi connectivity index (χ0) is 32.7. The van der Waals surface area contributed by atoms with Crippen molar-refractivity contribution in [1.29, 1.82) is 0 Å². The van der Waals surface area contributed by atoms with Crippen molar-refractivity contribution in [2.75, 3.05) is 19.8 Å². The molecule has 0 bridgehead atoms. The van der Waals surface area contributed by atoms with Crippen molar-refractivity contribution in [2.45, 2.75) is 63.4 Å². The van der Waals surface area contributed by atoms with Crippen LogP contribution in [0.15, 0.2) is 84.5 Å². The van der Waals surface area contributed by atoms with Gasteiger partial charge in [-0.25, -0.2) is 14.4 Å². The van der Waals surface area contributed by atoms with Crippen LogP contribution in [-0.4, -0.2) is 72.2 Å². The molecule has 2 aromatic rings. The molecule has 2 aliphatic carbocycles. The maximum absolute atomic E-state index is 13.8. The van der Waals surface area contributed by atoms with Gasteiger partial charge in [-0.15, -0.1) is 0 Å². The SMILES string of the molecule is CC(=O)OCC12C(OC(=O)c3ccccc3)C(OC(=O)c3ccccc3)C(C)(O)C(C)(C=CC3=CC(=O)OC3)C1CCCC21CO1. The third kappa shape index (κ3) is 5.23. The van der Waals surface area contributed by atoms with Crippen LogP contribution in [0, 0.1) is 16.7 Å². The highest BCUT2D eigenvalue weighted by atomic mass is 16.6. The standard InChI is InChI=1S/C36H38O10/c1-23(37)43-22-36-27(15-10-17-35(36)21-44-35)33(2,18-16-24-19-28(38)42-20-24)34(3,41)29(45-31(39)25-11-6-4-7-12-25)30(36)46-32(40)26-13-8-5-9-14-26/h4-9,11-14,16,18-19,27,29-30,41H,10,15,17,20-22H2,1-3H3. The van der Waals surface area contributed by atoms with Gasteiger partial charge in [0.1, 0.15) is 24.4 Å². The lowest BCUT2D eigenvalue weighted by atomic mass is 9.41. The Morgan fingerprint density at radius 2 is 1.54 bits per heavy atom. The van der Waals surface area contributed by atoms with Gasteiger partial charge < -0.3 is 28.8 Å². The van der Waals surface area contributed by atoms with Crippen molar-refractivity contribution in [3.63, 3.8) is 0 Å². The van der Waals surface area contributed by atoms with Crippen LogP contribution in [0.3, 0.4) is 0 Å². The smallest absolute Gasteiger partial charge is 0.338 e. The highest BCUT2D eigenvalue weighted by Crippen LogP contribution is 2.70. The Kier molecular flexibility index (Phi) is 8.14. The van der Waals surface area contributed by atoms with Gasteiger partial charge in [0.25, 0.3) is 0 Å². The number of epoxide rings is 1. The van der Waals surface area contributed by atoms with Gasteiger partial charge in [0.05, 0.1) is 23.1 Å². The summed E-state index contributed by atoms with van der Waals surface area (Å²) in [7, 11) is 0. The molecule has 242 valence electrons. The molecule has 2 aliphatic heterocycles. The number of rotatable bonds is 8. The molecule has 7 unspecified atom stereocenters. The van der Waals surface area contributed by atoms with Gasteiger partial charge in [0, 0.05) is 18.4 Å². The number of cyclic esters (lactones) is 1. The van der Waals surface area contributed by atoms with Crippen LogP contribution in [0.4, 0.5) is 0 Å². The first kappa shape index (κ1) is 31.7. The first-order chi connectivity index (χ1) is 21.9. The van der Waals surface area contributed by atoms with Crippen LogP contribution in [0.25, 0.3) is 0 Å². The predicted octanol–water partition coefficient (Wildman–Crippen LogP) is 4.37. The van der Waals surface area contributed by atoms with Gasteiger partial charge in [-0.1, -0.05) is 61.9 Å². The fourth-order valence-corrected chi connectivity index (χ4v) is 7.86. The molecule has 2 saturated carbocycles. The summed E-state index contributed by atoms with van der Waals surface area (Å²) in [6.07, 6.45) is 4.06. The Hall–Kier alpha value is -4.28. The van der Waals surface area contributed by atoms with E-state index >= 15 is 0 Å². The van der Waals surface area contributed by atoms with Crippen LogP contribution in [-0.2, 0) is 33.3 Å². The zero-order valence-corrected chi connectivity index (χ0v) is 26.1. The zero-order valence-electron chi connectivity index (χ0n) is 26.1. The second-order valence-corrected chi connectivity index (χ2v) is 13.0. The van der Waals surface area contributed by atoms with E-state index in [4.69, 9.17) is 23.7 Å². The maximum atomic E-state index is 13.8. The van der Waals surface area contributed by atoms with Crippen molar-refractivity contribution in [1.82, 2.24) is 0 Å². The molecule has 3 fully saturated rings. The van der Waals surface area contributed by atoms with Crippen molar-refractivity contribution in [2.24, 2.45) is 16.7 Å². The molecule has 10 nitrogen and oxygen atoms in total. The Balaban J connectivity index is 1.55. The van der Waals surface area contributed by atoms with Gasteiger partial charge in [0.2, 0.25) is 0 Å². The lowest BCUT2D eigenvalue weighted by Gasteiger charge is -2.66. The molecule has 1 spiro atoms. The molecule has 7 atom stereocenters. The van der Waals surface area contributed by atoms with E-state index in [-0.39, 0.29) is 24.3 Å². The van der Waals surface area contributed by atoms with Crippen LogP contribution >= 0.6 is 0 Å². The minimum absolute atomic E-state index is 0.0770. The molecule has 0 amide bonds. The molecular weight excluding hydrogens is 592 g/mol. The second kappa shape index (κ2) is 11.8. The Morgan fingerprint density at radius 1 is 0.957 bits per heavy atom. The lowest BCUT2D eigenvalue weighted by Crippen LogP contribution is -2.77. The topological polar surface area (TPSA) is 138 Å². The molecule has 10 heteroatoms. The maximum Gasteiger partial charge on any atom is 0.338 e. The minimum Gasteiger partial charge on any atom is -0.465 e. The first-order valence-electron chi connectivity index (χ1n) is 15.5.